The van der Waals surface area contributed by atoms with E-state index in [1.54, 1.807) is 7.11 Å². The average molecular weight is 408 g/mol. The molecular formula is C20H31N4O3S+. The number of aromatic nitrogens is 2. The number of quaternary nitrogens is 1. The van der Waals surface area contributed by atoms with Gasteiger partial charge in [-0.2, -0.15) is 0 Å². The normalized spacial score (nSPS) is 16.3. The highest BCUT2D eigenvalue weighted by molar-refractivity contribution is 7.20. The molecule has 2 aromatic rings. The van der Waals surface area contributed by atoms with Crippen LogP contribution < -0.4 is 10.2 Å². The Kier molecular flexibility index (Phi) is 7.20. The van der Waals surface area contributed by atoms with Gasteiger partial charge in [0.25, 0.3) is 0 Å². The number of esters is 1. The lowest BCUT2D eigenvalue weighted by Crippen LogP contribution is -3.11. The largest absolute Gasteiger partial charge is 0.462 e. The molecule has 0 saturated carbocycles. The first-order valence-electron chi connectivity index (χ1n) is 10.1. The van der Waals surface area contributed by atoms with Gasteiger partial charge in [0, 0.05) is 13.2 Å². The van der Waals surface area contributed by atoms with Crippen molar-refractivity contribution in [2.24, 2.45) is 0 Å². The third kappa shape index (κ3) is 4.79. The van der Waals surface area contributed by atoms with E-state index in [0.29, 0.717) is 18.1 Å². The molecular weight excluding hydrogens is 376 g/mol. The minimum atomic E-state index is -0.290. The monoisotopic (exact) mass is 407 g/mol. The molecule has 2 aromatic heterocycles. The molecule has 154 valence electrons. The van der Waals surface area contributed by atoms with Crippen LogP contribution in [0.4, 0.5) is 5.82 Å². The Morgan fingerprint density at radius 1 is 1.29 bits per heavy atom. The Hall–Kier alpha value is -1.77. The van der Waals surface area contributed by atoms with Gasteiger partial charge in [0.05, 0.1) is 31.7 Å². The molecule has 8 heteroatoms. The average Bonchev–Trinajstić information content (AvgIpc) is 3.00. The summed E-state index contributed by atoms with van der Waals surface area (Å²) in [6, 6.07) is 0.101. The van der Waals surface area contributed by atoms with E-state index in [2.05, 4.69) is 12.2 Å². The minimum absolute atomic E-state index is 0.101. The van der Waals surface area contributed by atoms with Crippen LogP contribution in [0.15, 0.2) is 0 Å². The summed E-state index contributed by atoms with van der Waals surface area (Å²) < 4.78 is 10.5. The number of thiophene rings is 1. The SMILES string of the molecule is CCOC(=O)c1sc2nc(C[NH+]3CCCCC3)nc(N[C@@H](C)COC)c2c1C. The van der Waals surface area contributed by atoms with Gasteiger partial charge in [-0.05, 0) is 45.6 Å². The Balaban J connectivity index is 1.99. The molecule has 2 N–H and O–H groups in total. The fourth-order valence-corrected chi connectivity index (χ4v) is 4.83. The van der Waals surface area contributed by atoms with E-state index in [1.807, 2.05) is 13.8 Å². The number of anilines is 1. The number of aryl methyl sites for hydroxylation is 1. The van der Waals surface area contributed by atoms with Gasteiger partial charge < -0.3 is 19.7 Å². The molecule has 28 heavy (non-hydrogen) atoms. The zero-order valence-corrected chi connectivity index (χ0v) is 18.1. The molecule has 0 aromatic carbocycles. The maximum Gasteiger partial charge on any atom is 0.348 e. The number of hydrogen-bond donors (Lipinski definition) is 2. The summed E-state index contributed by atoms with van der Waals surface area (Å²) in [7, 11) is 1.69. The van der Waals surface area contributed by atoms with E-state index in [1.165, 1.54) is 48.6 Å². The molecule has 1 aliphatic heterocycles. The number of carbonyl (C=O) groups is 1. The van der Waals surface area contributed by atoms with Crippen molar-refractivity contribution in [3.8, 4) is 0 Å². The quantitative estimate of drug-likeness (QED) is 0.653. The highest BCUT2D eigenvalue weighted by Gasteiger charge is 2.23. The van der Waals surface area contributed by atoms with Crippen molar-refractivity contribution in [3.63, 3.8) is 0 Å². The number of carbonyl (C=O) groups excluding carboxylic acids is 1. The van der Waals surface area contributed by atoms with Crippen molar-refractivity contribution in [1.29, 1.82) is 0 Å². The zero-order valence-electron chi connectivity index (χ0n) is 17.3. The molecule has 0 unspecified atom stereocenters. The van der Waals surface area contributed by atoms with E-state index in [4.69, 9.17) is 19.4 Å². The van der Waals surface area contributed by atoms with Crippen LogP contribution in [0, 0.1) is 6.92 Å². The first-order chi connectivity index (χ1) is 13.5. The maximum absolute atomic E-state index is 12.4. The summed E-state index contributed by atoms with van der Waals surface area (Å²) in [6.07, 6.45) is 3.84. The van der Waals surface area contributed by atoms with Gasteiger partial charge in [-0.3, -0.25) is 0 Å². The molecule has 0 radical (unpaired) electrons. The van der Waals surface area contributed by atoms with E-state index in [0.717, 1.165) is 34.0 Å². The molecule has 7 nitrogen and oxygen atoms in total. The maximum atomic E-state index is 12.4. The Morgan fingerprint density at radius 3 is 2.71 bits per heavy atom. The van der Waals surface area contributed by atoms with Gasteiger partial charge in [0.2, 0.25) is 0 Å². The van der Waals surface area contributed by atoms with E-state index in [9.17, 15) is 4.79 Å². The summed E-state index contributed by atoms with van der Waals surface area (Å²) >= 11 is 1.40. The van der Waals surface area contributed by atoms with Crippen molar-refractivity contribution < 1.29 is 19.2 Å². The fraction of sp³-hybridized carbons (Fsp3) is 0.650. The smallest absolute Gasteiger partial charge is 0.348 e. The topological polar surface area (TPSA) is 77.8 Å². The number of ether oxygens (including phenoxy) is 2. The number of nitrogens with one attached hydrogen (secondary N) is 2. The van der Waals surface area contributed by atoms with Crippen LogP contribution in [-0.2, 0) is 16.0 Å². The third-order valence-electron chi connectivity index (χ3n) is 5.07. The highest BCUT2D eigenvalue weighted by atomic mass is 32.1. The molecule has 3 rings (SSSR count). The molecule has 3 heterocycles. The second kappa shape index (κ2) is 9.62. The van der Waals surface area contributed by atoms with Crippen LogP contribution in [0.5, 0.6) is 0 Å². The third-order valence-corrected chi connectivity index (χ3v) is 6.23. The summed E-state index contributed by atoms with van der Waals surface area (Å²) in [4.78, 5) is 25.0. The van der Waals surface area contributed by atoms with Gasteiger partial charge in [0.15, 0.2) is 5.82 Å². The lowest BCUT2D eigenvalue weighted by atomic mass is 10.1. The number of nitrogens with zero attached hydrogens (tertiary/aromatic N) is 2. The number of hydrogen-bond acceptors (Lipinski definition) is 7. The Morgan fingerprint density at radius 2 is 2.04 bits per heavy atom. The van der Waals surface area contributed by atoms with Gasteiger partial charge in [-0.1, -0.05) is 0 Å². The molecule has 0 aliphatic carbocycles. The summed E-state index contributed by atoms with van der Waals surface area (Å²) in [5.74, 6) is 1.32. The number of methoxy groups -OCH3 is 1. The predicted molar refractivity (Wildman–Crippen MR) is 111 cm³/mol. The first-order valence-corrected chi connectivity index (χ1v) is 10.9. The molecule has 1 aliphatic rings. The first kappa shape index (κ1) is 21.0. The second-order valence-electron chi connectivity index (χ2n) is 7.43. The lowest BCUT2D eigenvalue weighted by Gasteiger charge is -2.23. The molecule has 0 amide bonds. The van der Waals surface area contributed by atoms with Gasteiger partial charge >= 0.3 is 5.97 Å². The molecule has 1 saturated heterocycles. The minimum Gasteiger partial charge on any atom is -0.462 e. The van der Waals surface area contributed by atoms with Crippen molar-refractivity contribution in [2.45, 2.75) is 52.6 Å². The number of rotatable bonds is 8. The zero-order chi connectivity index (χ0) is 20.1. The van der Waals surface area contributed by atoms with E-state index < -0.39 is 0 Å². The Bertz CT molecular complexity index is 817. The van der Waals surface area contributed by atoms with Crippen LogP contribution in [0.1, 0.15) is 54.2 Å². The van der Waals surface area contributed by atoms with Crippen molar-refractivity contribution in [3.05, 3.63) is 16.3 Å². The summed E-state index contributed by atoms with van der Waals surface area (Å²) in [6.45, 7) is 9.90. The number of piperidine rings is 1. The molecule has 1 fully saturated rings. The van der Waals surface area contributed by atoms with Crippen LogP contribution in [-0.4, -0.2) is 55.4 Å². The van der Waals surface area contributed by atoms with Gasteiger partial charge in [-0.25, -0.2) is 14.8 Å². The fourth-order valence-electron chi connectivity index (χ4n) is 3.74. The van der Waals surface area contributed by atoms with Gasteiger partial charge in [-0.15, -0.1) is 11.3 Å². The summed E-state index contributed by atoms with van der Waals surface area (Å²) in [5, 5.41) is 4.37. The molecule has 0 spiro atoms. The van der Waals surface area contributed by atoms with Crippen LogP contribution in [0.2, 0.25) is 0 Å². The van der Waals surface area contributed by atoms with E-state index in [-0.39, 0.29) is 12.0 Å². The number of fused-ring (bicyclic) bond motifs is 1. The van der Waals surface area contributed by atoms with Crippen LogP contribution >= 0.6 is 11.3 Å². The lowest BCUT2D eigenvalue weighted by molar-refractivity contribution is -0.919. The van der Waals surface area contributed by atoms with Gasteiger partial charge in [0.1, 0.15) is 22.1 Å². The highest BCUT2D eigenvalue weighted by Crippen LogP contribution is 2.34. The molecule has 0 bridgehead atoms. The van der Waals surface area contributed by atoms with E-state index >= 15 is 0 Å². The number of likely N-dealkylation sites (tertiary alicyclic amines) is 1. The second-order valence-corrected chi connectivity index (χ2v) is 8.43. The van der Waals surface area contributed by atoms with Crippen molar-refractivity contribution >= 4 is 33.3 Å². The predicted octanol–water partition coefficient (Wildman–Crippen LogP) is 2.19. The van der Waals surface area contributed by atoms with Crippen molar-refractivity contribution in [1.82, 2.24) is 9.97 Å². The van der Waals surface area contributed by atoms with Crippen LogP contribution in [0.25, 0.3) is 10.2 Å². The standard InChI is InChI=1S/C20H30N4O3S/c1-5-27-20(25)17-14(3)16-18(21-13(2)12-26-4)22-15(23-19(16)28-17)11-24-9-7-6-8-10-24/h13H,5-12H2,1-4H3,(H,21,22,23)/p+1/t13-/m0/s1. The molecule has 1 atom stereocenters. The summed E-state index contributed by atoms with van der Waals surface area (Å²) in [5.41, 5.74) is 0.877. The Labute approximate surface area is 170 Å². The van der Waals surface area contributed by atoms with Crippen LogP contribution in [0.3, 0.4) is 0 Å². The van der Waals surface area contributed by atoms with Crippen molar-refractivity contribution in [2.75, 3.05) is 38.7 Å².